The van der Waals surface area contributed by atoms with Crippen molar-refractivity contribution in [2.75, 3.05) is 6.54 Å². The topological polar surface area (TPSA) is 55.1 Å². The molecule has 3 heteroatoms. The summed E-state index contributed by atoms with van der Waals surface area (Å²) in [7, 11) is 0. The van der Waals surface area contributed by atoms with Gasteiger partial charge in [0, 0.05) is 12.6 Å². The molecule has 0 radical (unpaired) electrons. The second-order valence-corrected chi connectivity index (χ2v) is 5.77. The van der Waals surface area contributed by atoms with E-state index >= 15 is 0 Å². The van der Waals surface area contributed by atoms with Crippen LogP contribution in [0.25, 0.3) is 0 Å². The lowest BCUT2D eigenvalue weighted by molar-refractivity contribution is -0.125. The summed E-state index contributed by atoms with van der Waals surface area (Å²) < 4.78 is 0. The Morgan fingerprint density at radius 1 is 1.28 bits per heavy atom. The van der Waals surface area contributed by atoms with Gasteiger partial charge in [-0.1, -0.05) is 39.0 Å². The highest BCUT2D eigenvalue weighted by Crippen LogP contribution is 2.25. The molecular formula is C15H30N2O. The third-order valence-corrected chi connectivity index (χ3v) is 4.27. The van der Waals surface area contributed by atoms with Gasteiger partial charge in [-0.15, -0.1) is 0 Å². The van der Waals surface area contributed by atoms with Crippen LogP contribution in [0.1, 0.15) is 65.2 Å². The highest BCUT2D eigenvalue weighted by molar-refractivity contribution is 5.79. The molecule has 106 valence electrons. The van der Waals surface area contributed by atoms with Gasteiger partial charge < -0.3 is 11.1 Å². The summed E-state index contributed by atoms with van der Waals surface area (Å²) in [6.45, 7) is 4.73. The molecule has 0 heterocycles. The van der Waals surface area contributed by atoms with Crippen molar-refractivity contribution in [3.8, 4) is 0 Å². The van der Waals surface area contributed by atoms with Crippen molar-refractivity contribution in [1.29, 1.82) is 0 Å². The second kappa shape index (κ2) is 8.52. The number of carbonyl (C=O) groups excluding carboxylic acids is 1. The number of rotatable bonds is 6. The molecule has 0 spiro atoms. The fraction of sp³-hybridized carbons (Fsp3) is 0.933. The van der Waals surface area contributed by atoms with E-state index in [0.717, 1.165) is 12.8 Å². The van der Waals surface area contributed by atoms with Crippen molar-refractivity contribution in [2.24, 2.45) is 17.6 Å². The maximum absolute atomic E-state index is 12.1. The van der Waals surface area contributed by atoms with Crippen molar-refractivity contribution in [3.05, 3.63) is 0 Å². The van der Waals surface area contributed by atoms with Crippen molar-refractivity contribution >= 4 is 5.91 Å². The molecule has 0 aromatic rings. The largest absolute Gasteiger partial charge is 0.353 e. The Labute approximate surface area is 112 Å². The molecular weight excluding hydrogens is 224 g/mol. The highest BCUT2D eigenvalue weighted by atomic mass is 16.1. The molecule has 1 aliphatic rings. The van der Waals surface area contributed by atoms with Gasteiger partial charge in [0.25, 0.3) is 0 Å². The zero-order valence-electron chi connectivity index (χ0n) is 12.1. The van der Waals surface area contributed by atoms with Crippen LogP contribution in [0.3, 0.4) is 0 Å². The Kier molecular flexibility index (Phi) is 7.33. The predicted molar refractivity (Wildman–Crippen MR) is 76.2 cm³/mol. The molecule has 0 aliphatic heterocycles. The van der Waals surface area contributed by atoms with Gasteiger partial charge in [-0.05, 0) is 32.1 Å². The predicted octanol–water partition coefficient (Wildman–Crippen LogP) is 2.84. The molecule has 1 aliphatic carbocycles. The average molecular weight is 254 g/mol. The molecule has 1 unspecified atom stereocenters. The van der Waals surface area contributed by atoms with Crippen LogP contribution < -0.4 is 11.1 Å². The van der Waals surface area contributed by atoms with Crippen LogP contribution in [-0.4, -0.2) is 18.5 Å². The number of carbonyl (C=O) groups is 1. The number of hydrogen-bond acceptors (Lipinski definition) is 2. The Morgan fingerprint density at radius 3 is 2.39 bits per heavy atom. The normalized spacial score (nSPS) is 21.1. The summed E-state index contributed by atoms with van der Waals surface area (Å²) in [4.78, 5) is 12.1. The van der Waals surface area contributed by atoms with Gasteiger partial charge in [0.15, 0.2) is 0 Å². The fourth-order valence-electron chi connectivity index (χ4n) is 2.98. The second-order valence-electron chi connectivity index (χ2n) is 5.77. The van der Waals surface area contributed by atoms with Gasteiger partial charge in [-0.2, -0.15) is 0 Å². The standard InChI is InChI=1S/C15H30N2O/c1-3-8-14(11-16)15(18)17-12(2)13-9-6-4-5-7-10-13/h12-14H,3-11,16H2,1-2H3,(H,17,18)/t12-,14?/m1/s1. The molecule has 18 heavy (non-hydrogen) atoms. The minimum absolute atomic E-state index is 0.00299. The number of hydrogen-bond donors (Lipinski definition) is 2. The molecule has 1 amide bonds. The summed E-state index contributed by atoms with van der Waals surface area (Å²) in [5, 5.41) is 3.19. The molecule has 3 N–H and O–H groups in total. The lowest BCUT2D eigenvalue weighted by Crippen LogP contribution is -2.43. The molecule has 0 aromatic heterocycles. The highest BCUT2D eigenvalue weighted by Gasteiger charge is 2.23. The van der Waals surface area contributed by atoms with Crippen molar-refractivity contribution in [3.63, 3.8) is 0 Å². The van der Waals surface area contributed by atoms with E-state index in [9.17, 15) is 4.79 Å². The average Bonchev–Trinajstić information content (AvgIpc) is 2.64. The van der Waals surface area contributed by atoms with Crippen LogP contribution in [-0.2, 0) is 4.79 Å². The number of nitrogens with two attached hydrogens (primary N) is 1. The van der Waals surface area contributed by atoms with E-state index in [0.29, 0.717) is 18.5 Å². The van der Waals surface area contributed by atoms with E-state index in [1.165, 1.54) is 38.5 Å². The zero-order chi connectivity index (χ0) is 13.4. The minimum Gasteiger partial charge on any atom is -0.353 e. The first kappa shape index (κ1) is 15.5. The number of nitrogens with one attached hydrogen (secondary N) is 1. The quantitative estimate of drug-likeness (QED) is 0.716. The molecule has 0 aromatic carbocycles. The van der Waals surface area contributed by atoms with Crippen LogP contribution in [0.2, 0.25) is 0 Å². The third kappa shape index (κ3) is 4.97. The van der Waals surface area contributed by atoms with Crippen LogP contribution in [0, 0.1) is 11.8 Å². The van der Waals surface area contributed by atoms with Gasteiger partial charge in [0.05, 0.1) is 5.92 Å². The third-order valence-electron chi connectivity index (χ3n) is 4.27. The van der Waals surface area contributed by atoms with Gasteiger partial charge in [0.1, 0.15) is 0 Å². The molecule has 3 nitrogen and oxygen atoms in total. The Hall–Kier alpha value is -0.570. The zero-order valence-corrected chi connectivity index (χ0v) is 12.1. The van der Waals surface area contributed by atoms with E-state index in [4.69, 9.17) is 5.73 Å². The van der Waals surface area contributed by atoms with E-state index in [1.807, 2.05) is 0 Å². The number of amides is 1. The monoisotopic (exact) mass is 254 g/mol. The maximum Gasteiger partial charge on any atom is 0.224 e. The van der Waals surface area contributed by atoms with E-state index in [1.54, 1.807) is 0 Å². The molecule has 1 rings (SSSR count). The van der Waals surface area contributed by atoms with Crippen molar-refractivity contribution in [1.82, 2.24) is 5.32 Å². The van der Waals surface area contributed by atoms with E-state index in [-0.39, 0.29) is 11.8 Å². The smallest absolute Gasteiger partial charge is 0.224 e. The minimum atomic E-state index is 0.00299. The summed E-state index contributed by atoms with van der Waals surface area (Å²) in [6, 6.07) is 0.307. The van der Waals surface area contributed by atoms with Crippen molar-refractivity contribution < 1.29 is 4.79 Å². The van der Waals surface area contributed by atoms with Crippen LogP contribution >= 0.6 is 0 Å². The molecule has 0 saturated heterocycles. The van der Waals surface area contributed by atoms with Crippen LogP contribution in [0.5, 0.6) is 0 Å². The van der Waals surface area contributed by atoms with Gasteiger partial charge in [-0.3, -0.25) is 4.79 Å². The van der Waals surface area contributed by atoms with Crippen LogP contribution in [0.4, 0.5) is 0 Å². The first-order valence-corrected chi connectivity index (χ1v) is 7.69. The Morgan fingerprint density at radius 2 is 1.89 bits per heavy atom. The Balaban J connectivity index is 2.41. The van der Waals surface area contributed by atoms with E-state index in [2.05, 4.69) is 19.2 Å². The summed E-state index contributed by atoms with van der Waals surface area (Å²) in [6.07, 6.45) is 9.81. The maximum atomic E-state index is 12.1. The Bertz CT molecular complexity index is 235. The summed E-state index contributed by atoms with van der Waals surface area (Å²) in [5.41, 5.74) is 5.68. The first-order chi connectivity index (χ1) is 8.69. The lowest BCUT2D eigenvalue weighted by atomic mass is 9.92. The van der Waals surface area contributed by atoms with Gasteiger partial charge in [0.2, 0.25) is 5.91 Å². The molecule has 0 bridgehead atoms. The van der Waals surface area contributed by atoms with Gasteiger partial charge in [-0.25, -0.2) is 0 Å². The first-order valence-electron chi connectivity index (χ1n) is 7.69. The lowest BCUT2D eigenvalue weighted by Gasteiger charge is -2.25. The fourth-order valence-corrected chi connectivity index (χ4v) is 2.98. The molecule has 2 atom stereocenters. The molecule has 1 fully saturated rings. The van der Waals surface area contributed by atoms with Gasteiger partial charge >= 0.3 is 0 Å². The molecule has 1 saturated carbocycles. The SMILES string of the molecule is CCCC(CN)C(=O)N[C@H](C)C1CCCCCC1. The summed E-state index contributed by atoms with van der Waals surface area (Å²) >= 11 is 0. The summed E-state index contributed by atoms with van der Waals surface area (Å²) in [5.74, 6) is 0.829. The van der Waals surface area contributed by atoms with Crippen molar-refractivity contribution in [2.45, 2.75) is 71.3 Å². The van der Waals surface area contributed by atoms with Crippen LogP contribution in [0.15, 0.2) is 0 Å². The van der Waals surface area contributed by atoms with E-state index < -0.39 is 0 Å².